The minimum Gasteiger partial charge on any atom is -0.352 e. The van der Waals surface area contributed by atoms with Gasteiger partial charge in [0.15, 0.2) is 5.96 Å². The van der Waals surface area contributed by atoms with E-state index in [-0.39, 0.29) is 5.82 Å². The molecule has 0 radical (unpaired) electrons. The summed E-state index contributed by atoms with van der Waals surface area (Å²) in [5.74, 6) is 0.364. The largest absolute Gasteiger partial charge is 0.352 e. The number of halogens is 2. The van der Waals surface area contributed by atoms with E-state index >= 15 is 0 Å². The van der Waals surface area contributed by atoms with E-state index in [1.54, 1.807) is 19.2 Å². The summed E-state index contributed by atoms with van der Waals surface area (Å²) in [7, 11) is 1.68. The first-order valence-corrected chi connectivity index (χ1v) is 8.26. The van der Waals surface area contributed by atoms with Crippen molar-refractivity contribution in [1.82, 2.24) is 20.0 Å². The minimum absolute atomic E-state index is 0.230. The zero-order valence-corrected chi connectivity index (χ0v) is 14.7. The number of hydrogen-bond donors (Lipinski definition) is 2. The highest BCUT2D eigenvalue weighted by Crippen LogP contribution is 2.12. The summed E-state index contributed by atoms with van der Waals surface area (Å²) in [6.45, 7) is 0.890. The SMILES string of the molecule is CN=C(NCc1cn2cc(Br)ccc2n1)NCc1ccccc1F. The lowest BCUT2D eigenvalue weighted by Crippen LogP contribution is -2.36. The fraction of sp³-hybridized carbons (Fsp3) is 0.176. The van der Waals surface area contributed by atoms with E-state index in [1.807, 2.05) is 35.0 Å². The van der Waals surface area contributed by atoms with Crippen LogP contribution in [0.15, 0.2) is 58.3 Å². The lowest BCUT2D eigenvalue weighted by atomic mass is 10.2. The van der Waals surface area contributed by atoms with Crippen molar-refractivity contribution >= 4 is 27.5 Å². The van der Waals surface area contributed by atoms with Crippen LogP contribution in [0, 0.1) is 5.82 Å². The highest BCUT2D eigenvalue weighted by atomic mass is 79.9. The third-order valence-electron chi connectivity index (χ3n) is 3.53. The van der Waals surface area contributed by atoms with Crippen LogP contribution in [0.25, 0.3) is 5.65 Å². The predicted octanol–water partition coefficient (Wildman–Crippen LogP) is 3.10. The third-order valence-corrected chi connectivity index (χ3v) is 4.00. The van der Waals surface area contributed by atoms with Gasteiger partial charge >= 0.3 is 0 Å². The summed E-state index contributed by atoms with van der Waals surface area (Å²) in [6.07, 6.45) is 3.91. The maximum atomic E-state index is 13.6. The van der Waals surface area contributed by atoms with Crippen LogP contribution in [-0.4, -0.2) is 22.4 Å². The average Bonchev–Trinajstić information content (AvgIpc) is 2.98. The predicted molar refractivity (Wildman–Crippen MR) is 96.3 cm³/mol. The molecule has 0 aliphatic rings. The summed E-state index contributed by atoms with van der Waals surface area (Å²) in [6, 6.07) is 10.6. The van der Waals surface area contributed by atoms with Gasteiger partial charge in [0, 0.05) is 36.0 Å². The summed E-state index contributed by atoms with van der Waals surface area (Å²) in [4.78, 5) is 8.68. The molecule has 0 aliphatic heterocycles. The first kappa shape index (κ1) is 16.4. The topological polar surface area (TPSA) is 53.7 Å². The number of aromatic nitrogens is 2. The lowest BCUT2D eigenvalue weighted by Gasteiger charge is -2.11. The zero-order chi connectivity index (χ0) is 16.9. The van der Waals surface area contributed by atoms with Gasteiger partial charge in [0.05, 0.1) is 12.2 Å². The number of guanidine groups is 1. The second-order valence-corrected chi connectivity index (χ2v) is 6.13. The van der Waals surface area contributed by atoms with E-state index in [2.05, 4.69) is 36.5 Å². The Morgan fingerprint density at radius 3 is 2.75 bits per heavy atom. The molecular formula is C17H17BrFN5. The molecule has 0 saturated carbocycles. The number of nitrogens with one attached hydrogen (secondary N) is 2. The van der Waals surface area contributed by atoms with E-state index in [0.717, 1.165) is 15.8 Å². The number of fused-ring (bicyclic) bond motifs is 1. The van der Waals surface area contributed by atoms with Crippen molar-refractivity contribution < 1.29 is 4.39 Å². The third kappa shape index (κ3) is 3.91. The summed E-state index contributed by atoms with van der Waals surface area (Å²) >= 11 is 3.44. The van der Waals surface area contributed by atoms with E-state index in [0.29, 0.717) is 24.6 Å². The van der Waals surface area contributed by atoms with Gasteiger partial charge in [-0.3, -0.25) is 4.99 Å². The first-order chi connectivity index (χ1) is 11.7. The molecule has 124 valence electrons. The zero-order valence-electron chi connectivity index (χ0n) is 13.1. The number of hydrogen-bond acceptors (Lipinski definition) is 2. The maximum absolute atomic E-state index is 13.6. The Morgan fingerprint density at radius 1 is 1.17 bits per heavy atom. The van der Waals surface area contributed by atoms with Crippen molar-refractivity contribution in [3.8, 4) is 0 Å². The Hall–Kier alpha value is -2.41. The summed E-state index contributed by atoms with van der Waals surface area (Å²) in [5, 5.41) is 6.28. The van der Waals surface area contributed by atoms with Gasteiger partial charge in [-0.25, -0.2) is 9.37 Å². The molecule has 3 aromatic rings. The van der Waals surface area contributed by atoms with Gasteiger partial charge in [-0.2, -0.15) is 0 Å². The van der Waals surface area contributed by atoms with Crippen LogP contribution in [-0.2, 0) is 13.1 Å². The molecule has 0 spiro atoms. The normalized spacial score (nSPS) is 11.7. The van der Waals surface area contributed by atoms with Crippen molar-refractivity contribution in [2.75, 3.05) is 7.05 Å². The molecule has 2 aromatic heterocycles. The maximum Gasteiger partial charge on any atom is 0.191 e. The molecule has 7 heteroatoms. The molecule has 1 aromatic carbocycles. The lowest BCUT2D eigenvalue weighted by molar-refractivity contribution is 0.604. The van der Waals surface area contributed by atoms with Crippen molar-refractivity contribution in [1.29, 1.82) is 0 Å². The van der Waals surface area contributed by atoms with Gasteiger partial charge in [0.1, 0.15) is 11.5 Å². The summed E-state index contributed by atoms with van der Waals surface area (Å²) < 4.78 is 16.6. The second-order valence-electron chi connectivity index (χ2n) is 5.22. The highest BCUT2D eigenvalue weighted by Gasteiger charge is 2.05. The Morgan fingerprint density at radius 2 is 1.96 bits per heavy atom. The van der Waals surface area contributed by atoms with E-state index in [9.17, 15) is 4.39 Å². The quantitative estimate of drug-likeness (QED) is 0.532. The Balaban J connectivity index is 1.60. The van der Waals surface area contributed by atoms with Gasteiger partial charge < -0.3 is 15.0 Å². The van der Waals surface area contributed by atoms with Crippen molar-refractivity contribution in [2.24, 2.45) is 4.99 Å². The molecule has 0 amide bonds. The Kier molecular flexibility index (Phi) is 5.10. The number of aliphatic imine (C=N–C) groups is 1. The molecule has 3 rings (SSSR count). The first-order valence-electron chi connectivity index (χ1n) is 7.47. The smallest absolute Gasteiger partial charge is 0.191 e. The molecule has 5 nitrogen and oxygen atoms in total. The van der Waals surface area contributed by atoms with Gasteiger partial charge in [0.2, 0.25) is 0 Å². The molecule has 0 atom stereocenters. The molecule has 0 unspecified atom stereocenters. The number of nitrogens with zero attached hydrogens (tertiary/aromatic N) is 3. The molecule has 0 aliphatic carbocycles. The number of imidazole rings is 1. The van der Waals surface area contributed by atoms with Crippen LogP contribution < -0.4 is 10.6 Å². The van der Waals surface area contributed by atoms with Crippen LogP contribution in [0.1, 0.15) is 11.3 Å². The molecule has 2 N–H and O–H groups in total. The molecular weight excluding hydrogens is 373 g/mol. The van der Waals surface area contributed by atoms with E-state index in [1.165, 1.54) is 6.07 Å². The van der Waals surface area contributed by atoms with Gasteiger partial charge in [-0.15, -0.1) is 0 Å². The van der Waals surface area contributed by atoms with Gasteiger partial charge in [-0.05, 0) is 34.1 Å². The monoisotopic (exact) mass is 389 g/mol. The number of benzene rings is 1. The van der Waals surface area contributed by atoms with Crippen LogP contribution in [0.4, 0.5) is 4.39 Å². The second kappa shape index (κ2) is 7.44. The van der Waals surface area contributed by atoms with Crippen molar-refractivity contribution in [2.45, 2.75) is 13.1 Å². The fourth-order valence-electron chi connectivity index (χ4n) is 2.32. The van der Waals surface area contributed by atoms with Crippen molar-refractivity contribution in [3.63, 3.8) is 0 Å². The van der Waals surface area contributed by atoms with Crippen LogP contribution in [0.5, 0.6) is 0 Å². The Bertz CT molecular complexity index is 874. The van der Waals surface area contributed by atoms with Gasteiger partial charge in [-0.1, -0.05) is 18.2 Å². The van der Waals surface area contributed by atoms with Crippen LogP contribution in [0.2, 0.25) is 0 Å². The van der Waals surface area contributed by atoms with E-state index in [4.69, 9.17) is 0 Å². The minimum atomic E-state index is -0.230. The average molecular weight is 390 g/mol. The standard InChI is InChI=1S/C17H17BrFN5/c1-20-17(21-8-12-4-2-3-5-15(12)19)22-9-14-11-24-10-13(18)6-7-16(24)23-14/h2-7,10-11H,8-9H2,1H3,(H2,20,21,22). The van der Waals surface area contributed by atoms with Gasteiger partial charge in [0.25, 0.3) is 0 Å². The van der Waals surface area contributed by atoms with Crippen LogP contribution in [0.3, 0.4) is 0 Å². The molecule has 2 heterocycles. The molecule has 24 heavy (non-hydrogen) atoms. The number of pyridine rings is 1. The molecule has 0 bridgehead atoms. The summed E-state index contributed by atoms with van der Waals surface area (Å²) in [5.41, 5.74) is 2.37. The van der Waals surface area contributed by atoms with E-state index < -0.39 is 0 Å². The van der Waals surface area contributed by atoms with Crippen LogP contribution >= 0.6 is 15.9 Å². The molecule has 0 fully saturated rings. The fourth-order valence-corrected chi connectivity index (χ4v) is 2.67. The highest BCUT2D eigenvalue weighted by molar-refractivity contribution is 9.10. The molecule has 0 saturated heterocycles. The number of rotatable bonds is 4. The Labute approximate surface area is 147 Å². The van der Waals surface area contributed by atoms with Crippen molar-refractivity contribution in [3.05, 3.63) is 70.3 Å².